The molecule has 10 nitrogen and oxygen atoms in total. The van der Waals surface area contributed by atoms with E-state index in [0.717, 1.165) is 31.7 Å². The minimum Gasteiger partial charge on any atom is -0.385 e. The molecule has 11 heteroatoms. The average molecular weight is 487 g/mol. The van der Waals surface area contributed by atoms with Crippen molar-refractivity contribution in [2.45, 2.75) is 20.8 Å². The zero-order valence-electron chi connectivity index (χ0n) is 20.5. The van der Waals surface area contributed by atoms with E-state index < -0.39 is 10.0 Å². The van der Waals surface area contributed by atoms with Gasteiger partial charge in [0, 0.05) is 33.2 Å². The quantitative estimate of drug-likeness (QED) is 0.435. The summed E-state index contributed by atoms with van der Waals surface area (Å²) >= 11 is 0. The Labute approximate surface area is 202 Å². The second-order valence-corrected chi connectivity index (χ2v) is 10.6. The van der Waals surface area contributed by atoms with Gasteiger partial charge in [-0.05, 0) is 44.3 Å². The molecule has 0 radical (unpaired) electrons. The molecule has 184 valence electrons. The molecular formula is C23H34N8O2S. The highest BCUT2D eigenvalue weighted by Crippen LogP contribution is 2.27. The van der Waals surface area contributed by atoms with Crippen LogP contribution >= 0.6 is 0 Å². The molecule has 0 unspecified atom stereocenters. The Morgan fingerprint density at radius 3 is 2.56 bits per heavy atom. The summed E-state index contributed by atoms with van der Waals surface area (Å²) in [6.07, 6.45) is 1.72. The summed E-state index contributed by atoms with van der Waals surface area (Å²) in [5.74, 6) is 1.00. The first-order chi connectivity index (χ1) is 16.1. The SMILES string of the molecule is C=NC(=Nc1cc(NS(=O)(=O)CC(C)C)ccc1C)c1nc(N2CCN(C)CC2)ncc1NC. The van der Waals surface area contributed by atoms with Gasteiger partial charge in [0.25, 0.3) is 0 Å². The second-order valence-electron chi connectivity index (χ2n) is 8.84. The van der Waals surface area contributed by atoms with Gasteiger partial charge in [-0.1, -0.05) is 19.9 Å². The number of amidine groups is 1. The zero-order chi connectivity index (χ0) is 24.9. The highest BCUT2D eigenvalue weighted by Gasteiger charge is 2.20. The summed E-state index contributed by atoms with van der Waals surface area (Å²) in [4.78, 5) is 22.5. The molecule has 1 aliphatic rings. The van der Waals surface area contributed by atoms with Crippen LogP contribution in [0.1, 0.15) is 25.1 Å². The predicted octanol–water partition coefficient (Wildman–Crippen LogP) is 2.76. The molecule has 1 aromatic heterocycles. The first-order valence-electron chi connectivity index (χ1n) is 11.3. The van der Waals surface area contributed by atoms with Gasteiger partial charge >= 0.3 is 0 Å². The van der Waals surface area contributed by atoms with Crippen molar-refractivity contribution in [1.82, 2.24) is 14.9 Å². The molecule has 0 aliphatic carbocycles. The van der Waals surface area contributed by atoms with Crippen LogP contribution in [0.2, 0.25) is 0 Å². The molecule has 2 aromatic rings. The molecule has 0 spiro atoms. The molecular weight excluding hydrogens is 452 g/mol. The van der Waals surface area contributed by atoms with E-state index >= 15 is 0 Å². The molecule has 1 aromatic carbocycles. The third-order valence-electron chi connectivity index (χ3n) is 5.45. The largest absolute Gasteiger partial charge is 0.385 e. The lowest BCUT2D eigenvalue weighted by molar-refractivity contribution is 0.311. The third kappa shape index (κ3) is 6.51. The Morgan fingerprint density at radius 2 is 1.94 bits per heavy atom. The van der Waals surface area contributed by atoms with Gasteiger partial charge in [0.2, 0.25) is 16.0 Å². The van der Waals surface area contributed by atoms with Crippen molar-refractivity contribution in [2.24, 2.45) is 15.9 Å². The molecule has 2 heterocycles. The molecule has 1 aliphatic heterocycles. The lowest BCUT2D eigenvalue weighted by atomic mass is 10.2. The van der Waals surface area contributed by atoms with Crippen molar-refractivity contribution in [2.75, 3.05) is 61.0 Å². The number of likely N-dealkylation sites (N-methyl/N-ethyl adjacent to an activating group) is 1. The smallest absolute Gasteiger partial charge is 0.232 e. The number of nitrogens with one attached hydrogen (secondary N) is 2. The maximum atomic E-state index is 12.4. The Bertz CT molecular complexity index is 1160. The van der Waals surface area contributed by atoms with Crippen molar-refractivity contribution in [3.05, 3.63) is 35.7 Å². The maximum absolute atomic E-state index is 12.4. The summed E-state index contributed by atoms with van der Waals surface area (Å²) in [5.41, 5.74) is 3.10. The minimum atomic E-state index is -3.46. The molecule has 0 saturated carbocycles. The van der Waals surface area contributed by atoms with E-state index in [1.807, 2.05) is 26.8 Å². The average Bonchev–Trinajstić information content (AvgIpc) is 2.78. The fraction of sp³-hybridized carbons (Fsp3) is 0.478. The molecule has 0 atom stereocenters. The van der Waals surface area contributed by atoms with Crippen molar-refractivity contribution in [1.29, 1.82) is 0 Å². The fourth-order valence-corrected chi connectivity index (χ4v) is 5.06. The van der Waals surface area contributed by atoms with Gasteiger partial charge in [0.05, 0.1) is 29.0 Å². The zero-order valence-corrected chi connectivity index (χ0v) is 21.4. The van der Waals surface area contributed by atoms with Gasteiger partial charge in [-0.2, -0.15) is 0 Å². The highest BCUT2D eigenvalue weighted by atomic mass is 32.2. The van der Waals surface area contributed by atoms with Crippen molar-refractivity contribution in [3.8, 4) is 0 Å². The van der Waals surface area contributed by atoms with Crippen LogP contribution in [0.5, 0.6) is 0 Å². The molecule has 1 saturated heterocycles. The number of hydrogen-bond acceptors (Lipinski definition) is 8. The van der Waals surface area contributed by atoms with Crippen LogP contribution in [0.4, 0.5) is 23.0 Å². The van der Waals surface area contributed by atoms with E-state index in [2.05, 4.69) is 43.6 Å². The number of hydrogen-bond donors (Lipinski definition) is 2. The topological polar surface area (TPSA) is 115 Å². The second kappa shape index (κ2) is 10.9. The Balaban J connectivity index is 1.97. The van der Waals surface area contributed by atoms with Gasteiger partial charge in [0.1, 0.15) is 5.69 Å². The van der Waals surface area contributed by atoms with Crippen LogP contribution in [0.3, 0.4) is 0 Å². The first-order valence-corrected chi connectivity index (χ1v) is 12.9. The predicted molar refractivity (Wildman–Crippen MR) is 140 cm³/mol. The number of rotatable bonds is 8. The van der Waals surface area contributed by atoms with Crippen LogP contribution in [-0.4, -0.2) is 81.9 Å². The maximum Gasteiger partial charge on any atom is 0.232 e. The monoisotopic (exact) mass is 486 g/mol. The molecule has 34 heavy (non-hydrogen) atoms. The number of aryl methyl sites for hydroxylation is 1. The minimum absolute atomic E-state index is 0.0178. The van der Waals surface area contributed by atoms with Gasteiger partial charge < -0.3 is 15.1 Å². The van der Waals surface area contributed by atoms with Crippen LogP contribution in [0.25, 0.3) is 0 Å². The summed E-state index contributed by atoms with van der Waals surface area (Å²) < 4.78 is 27.4. The highest BCUT2D eigenvalue weighted by molar-refractivity contribution is 7.92. The Morgan fingerprint density at radius 1 is 1.24 bits per heavy atom. The summed E-state index contributed by atoms with van der Waals surface area (Å²) in [7, 11) is 0.426. The normalized spacial score (nSPS) is 15.5. The van der Waals surface area contributed by atoms with E-state index in [9.17, 15) is 8.42 Å². The van der Waals surface area contributed by atoms with E-state index in [1.54, 1.807) is 25.4 Å². The number of sulfonamides is 1. The van der Waals surface area contributed by atoms with E-state index in [-0.39, 0.29) is 11.7 Å². The number of benzene rings is 1. The lowest BCUT2D eigenvalue weighted by Crippen LogP contribution is -2.45. The van der Waals surface area contributed by atoms with Crippen molar-refractivity contribution in [3.63, 3.8) is 0 Å². The van der Waals surface area contributed by atoms with Crippen molar-refractivity contribution >= 4 is 45.6 Å². The number of aliphatic imine (C=N–C) groups is 2. The third-order valence-corrected chi connectivity index (χ3v) is 7.11. The van der Waals surface area contributed by atoms with Gasteiger partial charge in [0.15, 0.2) is 5.84 Å². The summed E-state index contributed by atoms with van der Waals surface area (Å²) in [6, 6.07) is 5.24. The van der Waals surface area contributed by atoms with Crippen LogP contribution < -0.4 is 14.9 Å². The number of aromatic nitrogens is 2. The van der Waals surface area contributed by atoms with Crippen molar-refractivity contribution < 1.29 is 8.42 Å². The van der Waals surface area contributed by atoms with Crippen LogP contribution in [-0.2, 0) is 10.0 Å². The van der Waals surface area contributed by atoms with Gasteiger partial charge in [-0.3, -0.25) is 4.72 Å². The summed E-state index contributed by atoms with van der Waals surface area (Å²) in [6.45, 7) is 12.9. The molecule has 2 N–H and O–H groups in total. The van der Waals surface area contributed by atoms with Gasteiger partial charge in [-0.15, -0.1) is 0 Å². The molecule has 1 fully saturated rings. The molecule has 0 bridgehead atoms. The molecule has 3 rings (SSSR count). The Kier molecular flexibility index (Phi) is 8.21. The van der Waals surface area contributed by atoms with Crippen LogP contribution in [0.15, 0.2) is 34.4 Å². The van der Waals surface area contributed by atoms with Gasteiger partial charge in [-0.25, -0.2) is 28.4 Å². The van der Waals surface area contributed by atoms with E-state index in [1.165, 1.54) is 0 Å². The summed E-state index contributed by atoms with van der Waals surface area (Å²) in [5, 5.41) is 3.10. The first kappa shape index (κ1) is 25.6. The van der Waals surface area contributed by atoms with E-state index in [0.29, 0.717) is 34.5 Å². The number of anilines is 3. The number of piperazine rings is 1. The molecule has 0 amide bonds. The Hall–Kier alpha value is -3.05. The standard InChI is InChI=1S/C23H34N8O2S/c1-16(2)15-34(32,33)29-18-8-7-17(3)19(13-18)27-22(25-5)21-20(24-4)14-26-23(28-21)31-11-9-30(6)10-12-31/h7-8,13-14,16,24,29H,5,9-12,15H2,1-4,6H3. The van der Waals surface area contributed by atoms with E-state index in [4.69, 9.17) is 9.98 Å². The number of nitrogens with zero attached hydrogens (tertiary/aromatic N) is 6. The lowest BCUT2D eigenvalue weighted by Gasteiger charge is -2.32. The van der Waals surface area contributed by atoms with Crippen LogP contribution in [0, 0.1) is 12.8 Å². The fourth-order valence-electron chi connectivity index (χ4n) is 3.62.